The van der Waals surface area contributed by atoms with Gasteiger partial charge in [0, 0.05) is 44.0 Å². The number of carbonyl (C=O) groups is 1. The van der Waals surface area contributed by atoms with Crippen LogP contribution in [-0.2, 0) is 9.84 Å². The molecule has 0 radical (unpaired) electrons. The maximum atomic E-state index is 12.5. The molecule has 0 saturated carbocycles. The number of nitro benzene ring substituents is 1. The van der Waals surface area contributed by atoms with Crippen LogP contribution < -0.4 is 4.90 Å². The van der Waals surface area contributed by atoms with Gasteiger partial charge in [-0.1, -0.05) is 17.7 Å². The largest absolute Gasteiger partial charge is 0.368 e. The predicted molar refractivity (Wildman–Crippen MR) is 101 cm³/mol. The van der Waals surface area contributed by atoms with Crippen LogP contribution in [0.3, 0.4) is 0 Å². The summed E-state index contributed by atoms with van der Waals surface area (Å²) in [5, 5.41) is 9.83. The lowest BCUT2D eigenvalue weighted by Gasteiger charge is -2.35. The minimum absolute atomic E-state index is 0.00380. The number of carbonyl (C=O) groups excluding carboxylic acids is 1. The molecule has 27 heavy (non-hydrogen) atoms. The molecule has 1 fully saturated rings. The van der Waals surface area contributed by atoms with E-state index in [1.165, 1.54) is 29.2 Å². The zero-order valence-electron chi connectivity index (χ0n) is 14.7. The summed E-state index contributed by atoms with van der Waals surface area (Å²) in [6.07, 6.45) is 0. The fourth-order valence-electron chi connectivity index (χ4n) is 2.92. The van der Waals surface area contributed by atoms with Gasteiger partial charge in [0.15, 0.2) is 0 Å². The lowest BCUT2D eigenvalue weighted by molar-refractivity contribution is -0.384. The summed E-state index contributed by atoms with van der Waals surface area (Å²) in [7, 11) is -4.06. The molecular formula is C18H19N3O5S. The molecule has 1 heterocycles. The van der Waals surface area contributed by atoms with Crippen molar-refractivity contribution < 1.29 is 18.1 Å². The third-order valence-electron chi connectivity index (χ3n) is 4.52. The second kappa shape index (κ2) is 7.36. The molecular weight excluding hydrogens is 370 g/mol. The molecule has 0 N–H and O–H groups in total. The molecule has 0 bridgehead atoms. The number of nitrogens with zero attached hydrogens (tertiary/aromatic N) is 3. The smallest absolute Gasteiger partial charge is 0.343 e. The van der Waals surface area contributed by atoms with Crippen molar-refractivity contribution in [2.24, 2.45) is 0 Å². The third-order valence-corrected chi connectivity index (χ3v) is 6.14. The van der Waals surface area contributed by atoms with Crippen LogP contribution in [0, 0.1) is 17.0 Å². The van der Waals surface area contributed by atoms with Gasteiger partial charge in [-0.05, 0) is 31.2 Å². The van der Waals surface area contributed by atoms with E-state index >= 15 is 0 Å². The van der Waals surface area contributed by atoms with Gasteiger partial charge >= 0.3 is 5.24 Å². The van der Waals surface area contributed by atoms with Crippen LogP contribution in [-0.4, -0.2) is 49.7 Å². The van der Waals surface area contributed by atoms with Gasteiger partial charge in [-0.15, -0.1) is 0 Å². The van der Waals surface area contributed by atoms with E-state index in [1.807, 2.05) is 11.8 Å². The van der Waals surface area contributed by atoms with Gasteiger partial charge in [0.2, 0.25) is 0 Å². The molecule has 0 spiro atoms. The van der Waals surface area contributed by atoms with E-state index in [1.54, 1.807) is 24.3 Å². The van der Waals surface area contributed by atoms with Gasteiger partial charge in [-0.25, -0.2) is 8.42 Å². The number of sulfone groups is 1. The topological polar surface area (TPSA) is 101 Å². The Bertz CT molecular complexity index is 947. The molecule has 142 valence electrons. The molecule has 2 aromatic rings. The SMILES string of the molecule is Cc1ccc(S(=O)(=O)C(=O)N2CCN(c3ccc([N+](=O)[O-])cc3)CC2)cc1. The highest BCUT2D eigenvalue weighted by atomic mass is 32.2. The number of benzene rings is 2. The summed E-state index contributed by atoms with van der Waals surface area (Å²) in [4.78, 5) is 26.1. The number of aryl methyl sites for hydroxylation is 1. The van der Waals surface area contributed by atoms with Crippen LogP contribution in [0.1, 0.15) is 5.56 Å². The van der Waals surface area contributed by atoms with E-state index in [4.69, 9.17) is 0 Å². The first-order chi connectivity index (χ1) is 12.8. The van der Waals surface area contributed by atoms with E-state index in [0.29, 0.717) is 13.1 Å². The molecule has 1 amide bonds. The summed E-state index contributed by atoms with van der Waals surface area (Å²) in [5.74, 6) is 0. The third kappa shape index (κ3) is 3.92. The first-order valence-corrected chi connectivity index (χ1v) is 9.87. The molecule has 0 unspecified atom stereocenters. The highest BCUT2D eigenvalue weighted by molar-refractivity contribution is 8.06. The van der Waals surface area contributed by atoms with Crippen LogP contribution in [0.4, 0.5) is 16.2 Å². The summed E-state index contributed by atoms with van der Waals surface area (Å²) in [6.45, 7) is 3.28. The van der Waals surface area contributed by atoms with Crippen molar-refractivity contribution in [3.63, 3.8) is 0 Å². The normalized spacial score (nSPS) is 14.9. The highest BCUT2D eigenvalue weighted by Gasteiger charge is 2.32. The number of hydrogen-bond donors (Lipinski definition) is 0. The van der Waals surface area contributed by atoms with Gasteiger partial charge in [0.1, 0.15) is 0 Å². The van der Waals surface area contributed by atoms with Crippen molar-refractivity contribution in [3.8, 4) is 0 Å². The lowest BCUT2D eigenvalue weighted by atomic mass is 10.2. The van der Waals surface area contributed by atoms with Gasteiger partial charge in [0.25, 0.3) is 15.5 Å². The van der Waals surface area contributed by atoms with Gasteiger partial charge in [0.05, 0.1) is 9.82 Å². The summed E-state index contributed by atoms with van der Waals surface area (Å²) in [6, 6.07) is 12.4. The Labute approximate surface area is 157 Å². The maximum Gasteiger partial charge on any atom is 0.343 e. The first kappa shape index (κ1) is 18.8. The van der Waals surface area contributed by atoms with Crippen LogP contribution >= 0.6 is 0 Å². The van der Waals surface area contributed by atoms with Crippen LogP contribution in [0.5, 0.6) is 0 Å². The fourth-order valence-corrected chi connectivity index (χ4v) is 4.14. The molecule has 3 rings (SSSR count). The monoisotopic (exact) mass is 389 g/mol. The predicted octanol–water partition coefficient (Wildman–Crippen LogP) is 2.62. The number of amides is 1. The van der Waals surface area contributed by atoms with Crippen LogP contribution in [0.25, 0.3) is 0 Å². The summed E-state index contributed by atoms with van der Waals surface area (Å²) >= 11 is 0. The van der Waals surface area contributed by atoms with E-state index in [9.17, 15) is 23.3 Å². The molecule has 0 atom stereocenters. The highest BCUT2D eigenvalue weighted by Crippen LogP contribution is 2.22. The zero-order valence-corrected chi connectivity index (χ0v) is 15.6. The molecule has 2 aromatic carbocycles. The number of non-ortho nitro benzene ring substituents is 1. The Balaban J connectivity index is 1.67. The molecule has 0 aliphatic carbocycles. The maximum absolute atomic E-state index is 12.5. The molecule has 0 aromatic heterocycles. The zero-order chi connectivity index (χ0) is 19.6. The average molecular weight is 389 g/mol. The van der Waals surface area contributed by atoms with Crippen molar-refractivity contribution in [3.05, 3.63) is 64.2 Å². The van der Waals surface area contributed by atoms with Crippen molar-refractivity contribution >= 4 is 26.5 Å². The molecule has 1 aliphatic heterocycles. The summed E-state index contributed by atoms with van der Waals surface area (Å²) in [5.41, 5.74) is 1.73. The Morgan fingerprint density at radius 2 is 1.52 bits per heavy atom. The number of rotatable bonds is 3. The van der Waals surface area contributed by atoms with Crippen LogP contribution in [0.2, 0.25) is 0 Å². The minimum Gasteiger partial charge on any atom is -0.368 e. The average Bonchev–Trinajstić information content (AvgIpc) is 2.68. The van der Waals surface area contributed by atoms with Crippen molar-refractivity contribution in [1.29, 1.82) is 0 Å². The Morgan fingerprint density at radius 1 is 0.963 bits per heavy atom. The van der Waals surface area contributed by atoms with Gasteiger partial charge < -0.3 is 9.80 Å². The molecule has 1 saturated heterocycles. The van der Waals surface area contributed by atoms with E-state index in [0.717, 1.165) is 11.3 Å². The van der Waals surface area contributed by atoms with Gasteiger partial charge in [-0.2, -0.15) is 0 Å². The number of nitro groups is 1. The number of piperazine rings is 1. The Morgan fingerprint density at radius 3 is 2.04 bits per heavy atom. The fraction of sp³-hybridized carbons (Fsp3) is 0.278. The lowest BCUT2D eigenvalue weighted by Crippen LogP contribution is -2.50. The number of hydrogen-bond acceptors (Lipinski definition) is 6. The van der Waals surface area contributed by atoms with E-state index < -0.39 is 20.0 Å². The number of anilines is 1. The van der Waals surface area contributed by atoms with Crippen LogP contribution in [0.15, 0.2) is 53.4 Å². The standard InChI is InChI=1S/C18H19N3O5S/c1-14-2-8-17(9-3-14)27(25,26)18(22)20-12-10-19(11-13-20)15-4-6-16(7-5-15)21(23)24/h2-9H,10-13H2,1H3. The van der Waals surface area contributed by atoms with Gasteiger partial charge in [-0.3, -0.25) is 14.9 Å². The van der Waals surface area contributed by atoms with E-state index in [2.05, 4.69) is 0 Å². The summed E-state index contributed by atoms with van der Waals surface area (Å²) < 4.78 is 25.1. The second-order valence-electron chi connectivity index (χ2n) is 6.33. The van der Waals surface area contributed by atoms with E-state index in [-0.39, 0.29) is 23.7 Å². The Kier molecular flexibility index (Phi) is 5.13. The minimum atomic E-state index is -4.06. The first-order valence-electron chi connectivity index (χ1n) is 8.39. The molecule has 9 heteroatoms. The molecule has 8 nitrogen and oxygen atoms in total. The Hall–Kier alpha value is -2.94. The van der Waals surface area contributed by atoms with Crippen molar-refractivity contribution in [2.45, 2.75) is 11.8 Å². The second-order valence-corrected chi connectivity index (χ2v) is 8.16. The van der Waals surface area contributed by atoms with Crippen molar-refractivity contribution in [1.82, 2.24) is 4.90 Å². The quantitative estimate of drug-likeness (QED) is 0.591. The molecule has 1 aliphatic rings. The van der Waals surface area contributed by atoms with Crippen molar-refractivity contribution in [2.75, 3.05) is 31.1 Å².